The van der Waals surface area contributed by atoms with E-state index in [0.29, 0.717) is 31.0 Å². The summed E-state index contributed by atoms with van der Waals surface area (Å²) >= 11 is 19.6. The van der Waals surface area contributed by atoms with E-state index in [1.165, 1.54) is 11.3 Å². The van der Waals surface area contributed by atoms with Gasteiger partial charge in [0.2, 0.25) is 0 Å². The van der Waals surface area contributed by atoms with Gasteiger partial charge in [0.15, 0.2) is 0 Å². The molecular formula is C15H8Cl3NOS. The molecule has 106 valence electrons. The molecule has 0 aliphatic carbocycles. The minimum atomic E-state index is -0.278. The van der Waals surface area contributed by atoms with Gasteiger partial charge in [0, 0.05) is 20.8 Å². The Hall–Kier alpha value is -1.26. The summed E-state index contributed by atoms with van der Waals surface area (Å²) in [6.07, 6.45) is 0. The van der Waals surface area contributed by atoms with Crippen molar-refractivity contribution in [2.24, 2.45) is 0 Å². The fourth-order valence-corrected chi connectivity index (χ4v) is 4.01. The minimum absolute atomic E-state index is 0.278. The molecule has 1 heterocycles. The Labute approximate surface area is 140 Å². The first-order valence-corrected chi connectivity index (χ1v) is 7.95. The van der Waals surface area contributed by atoms with Crippen molar-refractivity contribution < 1.29 is 4.79 Å². The summed E-state index contributed by atoms with van der Waals surface area (Å²) in [6.45, 7) is 0. The number of carbonyl (C=O) groups excluding carboxylic acids is 1. The molecule has 0 saturated heterocycles. The van der Waals surface area contributed by atoms with Crippen molar-refractivity contribution in [2.75, 3.05) is 5.32 Å². The van der Waals surface area contributed by atoms with Gasteiger partial charge in [-0.3, -0.25) is 4.79 Å². The van der Waals surface area contributed by atoms with Gasteiger partial charge in [-0.1, -0.05) is 46.9 Å². The minimum Gasteiger partial charge on any atom is -0.321 e. The molecule has 0 unspecified atom stereocenters. The second-order valence-electron chi connectivity index (χ2n) is 4.32. The summed E-state index contributed by atoms with van der Waals surface area (Å²) in [6, 6.07) is 12.4. The molecule has 6 heteroatoms. The molecule has 0 fully saturated rings. The molecule has 0 atom stereocenters. The number of halogens is 3. The predicted molar refractivity (Wildman–Crippen MR) is 91.3 cm³/mol. The van der Waals surface area contributed by atoms with E-state index in [1.54, 1.807) is 30.3 Å². The summed E-state index contributed by atoms with van der Waals surface area (Å²) in [5, 5.41) is 4.96. The number of nitrogens with one attached hydrogen (secondary N) is 1. The van der Waals surface area contributed by atoms with Gasteiger partial charge in [0.25, 0.3) is 5.91 Å². The number of thiophene rings is 1. The van der Waals surface area contributed by atoms with Gasteiger partial charge < -0.3 is 5.32 Å². The Balaban J connectivity index is 1.99. The van der Waals surface area contributed by atoms with E-state index < -0.39 is 0 Å². The second kappa shape index (κ2) is 5.85. The maximum absolute atomic E-state index is 12.4. The highest BCUT2D eigenvalue weighted by Crippen LogP contribution is 2.39. The fraction of sp³-hybridized carbons (Fsp3) is 0. The van der Waals surface area contributed by atoms with Crippen LogP contribution in [0.3, 0.4) is 0 Å². The molecule has 0 aliphatic rings. The van der Waals surface area contributed by atoms with Crippen LogP contribution in [-0.4, -0.2) is 5.91 Å². The van der Waals surface area contributed by atoms with Gasteiger partial charge in [0.1, 0.15) is 4.88 Å². The third-order valence-corrected chi connectivity index (χ3v) is 5.09. The van der Waals surface area contributed by atoms with Gasteiger partial charge >= 0.3 is 0 Å². The maximum atomic E-state index is 12.4. The van der Waals surface area contributed by atoms with Gasteiger partial charge in [-0.15, -0.1) is 11.3 Å². The monoisotopic (exact) mass is 355 g/mol. The Kier molecular flexibility index (Phi) is 4.09. The Bertz CT molecular complexity index is 844. The topological polar surface area (TPSA) is 29.1 Å². The number of hydrogen-bond acceptors (Lipinski definition) is 2. The SMILES string of the molecule is O=C(Nc1cccc(Cl)c1)c1sc2cccc(Cl)c2c1Cl. The largest absolute Gasteiger partial charge is 0.321 e. The van der Waals surface area contributed by atoms with E-state index in [-0.39, 0.29) is 5.91 Å². The molecule has 0 aliphatic heterocycles. The Morgan fingerprint density at radius 2 is 1.81 bits per heavy atom. The average Bonchev–Trinajstić information content (AvgIpc) is 2.77. The van der Waals surface area contributed by atoms with Crippen molar-refractivity contribution in [3.05, 3.63) is 62.4 Å². The van der Waals surface area contributed by atoms with Gasteiger partial charge in [-0.2, -0.15) is 0 Å². The number of carbonyl (C=O) groups is 1. The fourth-order valence-electron chi connectivity index (χ4n) is 1.97. The van der Waals surface area contributed by atoms with Crippen LogP contribution in [0.1, 0.15) is 9.67 Å². The molecule has 1 amide bonds. The molecule has 0 radical (unpaired) electrons. The van der Waals surface area contributed by atoms with Crippen LogP contribution in [0.2, 0.25) is 15.1 Å². The van der Waals surface area contributed by atoms with Crippen LogP contribution in [0.4, 0.5) is 5.69 Å². The lowest BCUT2D eigenvalue weighted by atomic mass is 10.2. The lowest BCUT2D eigenvalue weighted by molar-refractivity contribution is 0.103. The van der Waals surface area contributed by atoms with Crippen LogP contribution in [0.25, 0.3) is 10.1 Å². The van der Waals surface area contributed by atoms with Crippen molar-refractivity contribution in [3.8, 4) is 0 Å². The van der Waals surface area contributed by atoms with E-state index in [1.807, 2.05) is 12.1 Å². The standard InChI is InChI=1S/C15H8Cl3NOS/c16-8-3-1-4-9(7-8)19-15(20)14-13(18)12-10(17)5-2-6-11(12)21-14/h1-7H,(H,19,20). The molecule has 21 heavy (non-hydrogen) atoms. The highest BCUT2D eigenvalue weighted by molar-refractivity contribution is 7.21. The molecule has 2 nitrogen and oxygen atoms in total. The van der Waals surface area contributed by atoms with Crippen molar-refractivity contribution in [2.45, 2.75) is 0 Å². The van der Waals surface area contributed by atoms with E-state index in [4.69, 9.17) is 34.8 Å². The smallest absolute Gasteiger partial charge is 0.267 e. The van der Waals surface area contributed by atoms with Crippen molar-refractivity contribution >= 4 is 67.8 Å². The Morgan fingerprint density at radius 1 is 1.05 bits per heavy atom. The summed E-state index contributed by atoms with van der Waals surface area (Å²) in [4.78, 5) is 12.8. The number of rotatable bonds is 2. The molecule has 1 N–H and O–H groups in total. The average molecular weight is 357 g/mol. The Morgan fingerprint density at radius 3 is 2.52 bits per heavy atom. The van der Waals surface area contributed by atoms with Gasteiger partial charge in [-0.25, -0.2) is 0 Å². The molecule has 0 saturated carbocycles. The quantitative estimate of drug-likeness (QED) is 0.589. The zero-order valence-electron chi connectivity index (χ0n) is 10.5. The number of fused-ring (bicyclic) bond motifs is 1. The van der Waals surface area contributed by atoms with E-state index in [0.717, 1.165) is 4.70 Å². The zero-order chi connectivity index (χ0) is 15.0. The number of amides is 1. The summed E-state index contributed by atoms with van der Waals surface area (Å²) in [5.74, 6) is -0.278. The first-order chi connectivity index (χ1) is 10.1. The lowest BCUT2D eigenvalue weighted by Crippen LogP contribution is -2.10. The first-order valence-electron chi connectivity index (χ1n) is 5.99. The van der Waals surface area contributed by atoms with Gasteiger partial charge in [0.05, 0.1) is 10.0 Å². The van der Waals surface area contributed by atoms with E-state index in [9.17, 15) is 4.79 Å². The zero-order valence-corrected chi connectivity index (χ0v) is 13.6. The number of benzene rings is 2. The first kappa shape index (κ1) is 14.7. The van der Waals surface area contributed by atoms with Crippen LogP contribution in [0.5, 0.6) is 0 Å². The normalized spacial score (nSPS) is 10.8. The third-order valence-electron chi connectivity index (χ3n) is 2.89. The van der Waals surface area contributed by atoms with Gasteiger partial charge in [-0.05, 0) is 30.3 Å². The molecule has 3 aromatic rings. The highest BCUT2D eigenvalue weighted by atomic mass is 35.5. The van der Waals surface area contributed by atoms with Crippen molar-refractivity contribution in [1.29, 1.82) is 0 Å². The second-order valence-corrected chi connectivity index (χ2v) is 6.60. The van der Waals surface area contributed by atoms with Crippen LogP contribution in [0.15, 0.2) is 42.5 Å². The highest BCUT2D eigenvalue weighted by Gasteiger charge is 2.18. The van der Waals surface area contributed by atoms with Crippen LogP contribution < -0.4 is 5.32 Å². The van der Waals surface area contributed by atoms with Crippen LogP contribution >= 0.6 is 46.1 Å². The molecule has 3 rings (SSSR count). The van der Waals surface area contributed by atoms with Crippen LogP contribution in [-0.2, 0) is 0 Å². The molecular weight excluding hydrogens is 349 g/mol. The van der Waals surface area contributed by atoms with E-state index in [2.05, 4.69) is 5.32 Å². The predicted octanol–water partition coefficient (Wildman–Crippen LogP) is 6.11. The maximum Gasteiger partial charge on any atom is 0.267 e. The summed E-state index contributed by atoms with van der Waals surface area (Å²) < 4.78 is 0.878. The summed E-state index contributed by atoms with van der Waals surface area (Å²) in [5.41, 5.74) is 0.618. The molecule has 1 aromatic heterocycles. The molecule has 0 bridgehead atoms. The number of anilines is 1. The number of hydrogen-bond donors (Lipinski definition) is 1. The lowest BCUT2D eigenvalue weighted by Gasteiger charge is -2.04. The van der Waals surface area contributed by atoms with E-state index >= 15 is 0 Å². The van der Waals surface area contributed by atoms with Crippen LogP contribution in [0, 0.1) is 0 Å². The summed E-state index contributed by atoms with van der Waals surface area (Å²) in [7, 11) is 0. The van der Waals surface area contributed by atoms with Crippen molar-refractivity contribution in [1.82, 2.24) is 0 Å². The molecule has 0 spiro atoms. The molecule has 2 aromatic carbocycles. The third kappa shape index (κ3) is 2.87. The van der Waals surface area contributed by atoms with Crippen molar-refractivity contribution in [3.63, 3.8) is 0 Å².